The van der Waals surface area contributed by atoms with Crippen molar-refractivity contribution < 1.29 is 14.7 Å². The van der Waals surface area contributed by atoms with Gasteiger partial charge >= 0.3 is 0 Å². The second-order valence-electron chi connectivity index (χ2n) is 3.02. The van der Waals surface area contributed by atoms with E-state index in [1.54, 1.807) is 0 Å². The van der Waals surface area contributed by atoms with Crippen LogP contribution in [0.4, 0.5) is 4.79 Å². The van der Waals surface area contributed by atoms with Gasteiger partial charge in [-0.2, -0.15) is 0 Å². The predicted molar refractivity (Wildman–Crippen MR) is 52.4 cm³/mol. The standard InChI is InChI=1S/C8H15N5O3/c9-13-12-6-7(14)10-4-2-1-3-5-11-8(15)16/h9,11H,1-6H2,(H-,10,14,15,16). The number of nitrogens with one attached hydrogen (secondary N) is 3. The van der Waals surface area contributed by atoms with E-state index < -0.39 is 6.09 Å². The first-order chi connectivity index (χ1) is 7.66. The molecule has 0 radical (unpaired) electrons. The Morgan fingerprint density at radius 1 is 1.19 bits per heavy atom. The Labute approximate surface area is 92.6 Å². The summed E-state index contributed by atoms with van der Waals surface area (Å²) in [4.78, 5) is 23.6. The van der Waals surface area contributed by atoms with Gasteiger partial charge in [-0.1, -0.05) is 0 Å². The first-order valence-corrected chi connectivity index (χ1v) is 4.91. The number of unbranched alkanes of at least 4 members (excludes halogenated alkanes) is 2. The van der Waals surface area contributed by atoms with Crippen molar-refractivity contribution in [2.45, 2.75) is 19.3 Å². The van der Waals surface area contributed by atoms with Crippen LogP contribution in [0, 0.1) is 5.53 Å². The summed E-state index contributed by atoms with van der Waals surface area (Å²) in [5, 5.41) is 17.9. The van der Waals surface area contributed by atoms with Gasteiger partial charge in [-0.05, 0) is 19.3 Å². The molecular formula is C8H15N5O3. The number of nitrogens with zero attached hydrogens (tertiary/aromatic N) is 2. The Morgan fingerprint density at radius 2 is 1.81 bits per heavy atom. The van der Waals surface area contributed by atoms with Crippen LogP contribution in [0.3, 0.4) is 0 Å². The molecule has 0 aromatic rings. The van der Waals surface area contributed by atoms with Gasteiger partial charge in [-0.3, -0.25) is 4.79 Å². The Bertz CT molecular complexity index is 275. The molecule has 90 valence electrons. The third-order valence-electron chi connectivity index (χ3n) is 1.73. The second kappa shape index (κ2) is 9.60. The van der Waals surface area contributed by atoms with Gasteiger partial charge in [0, 0.05) is 13.1 Å². The van der Waals surface area contributed by atoms with Crippen molar-refractivity contribution >= 4 is 12.0 Å². The lowest BCUT2D eigenvalue weighted by Crippen LogP contribution is -2.36. The highest BCUT2D eigenvalue weighted by Gasteiger charge is 2.01. The maximum Gasteiger partial charge on any atom is 0.249 e. The number of hydrogen-bond acceptors (Lipinski definition) is 5. The largest absolute Gasteiger partial charge is 0.530 e. The molecule has 0 heterocycles. The van der Waals surface area contributed by atoms with Crippen LogP contribution in [-0.4, -0.2) is 31.6 Å². The van der Waals surface area contributed by atoms with Crippen LogP contribution < -0.4 is 20.7 Å². The molecule has 3 N–H and O–H groups in total. The molecule has 8 nitrogen and oxygen atoms in total. The SMILES string of the molecule is N=[N+]=NCC(=O)NCCCCCNC(=O)[O-]. The van der Waals surface area contributed by atoms with E-state index in [1.165, 1.54) is 0 Å². The number of carbonyl (C=O) groups is 2. The summed E-state index contributed by atoms with van der Waals surface area (Å²) in [6.45, 7) is 0.747. The molecule has 0 unspecified atom stereocenters. The van der Waals surface area contributed by atoms with Crippen LogP contribution in [-0.2, 0) is 4.79 Å². The van der Waals surface area contributed by atoms with Gasteiger partial charge in [0.05, 0.1) is 0 Å². The fourth-order valence-corrected chi connectivity index (χ4v) is 1.00. The molecule has 0 aromatic heterocycles. The molecule has 0 fully saturated rings. The van der Waals surface area contributed by atoms with Gasteiger partial charge in [0.2, 0.25) is 17.4 Å². The Kier molecular flexibility index (Phi) is 8.43. The van der Waals surface area contributed by atoms with E-state index in [0.29, 0.717) is 19.5 Å². The van der Waals surface area contributed by atoms with Gasteiger partial charge in [-0.15, -0.1) is 0 Å². The highest BCUT2D eigenvalue weighted by molar-refractivity contribution is 5.77. The third kappa shape index (κ3) is 10.1. The Balaban J connectivity index is 3.23. The molecular weight excluding hydrogens is 214 g/mol. The molecule has 0 aliphatic rings. The van der Waals surface area contributed by atoms with Gasteiger partial charge in [0.15, 0.2) is 0 Å². The van der Waals surface area contributed by atoms with Crippen molar-refractivity contribution in [2.24, 2.45) is 5.11 Å². The zero-order valence-corrected chi connectivity index (χ0v) is 8.86. The van der Waals surface area contributed by atoms with Crippen LogP contribution in [0.2, 0.25) is 0 Å². The molecule has 0 aliphatic heterocycles. The van der Waals surface area contributed by atoms with Crippen LogP contribution in [0.1, 0.15) is 19.3 Å². The zero-order chi connectivity index (χ0) is 12.2. The normalized spacial score (nSPS) is 9.00. The summed E-state index contributed by atoms with van der Waals surface area (Å²) in [5.74, 6) is -0.274. The first kappa shape index (κ1) is 14.1. The van der Waals surface area contributed by atoms with Crippen LogP contribution >= 0.6 is 0 Å². The first-order valence-electron chi connectivity index (χ1n) is 4.91. The monoisotopic (exact) mass is 229 g/mol. The summed E-state index contributed by atoms with van der Waals surface area (Å²) in [7, 11) is 0. The van der Waals surface area contributed by atoms with E-state index >= 15 is 0 Å². The summed E-state index contributed by atoms with van der Waals surface area (Å²) in [6.07, 6.45) is 1.00. The average molecular weight is 229 g/mol. The number of rotatable bonds is 8. The van der Waals surface area contributed by atoms with Crippen LogP contribution in [0.25, 0.3) is 0 Å². The third-order valence-corrected chi connectivity index (χ3v) is 1.73. The summed E-state index contributed by atoms with van der Waals surface area (Å²) in [6, 6.07) is 0. The molecule has 8 heteroatoms. The predicted octanol–water partition coefficient (Wildman–Crippen LogP) is -1.24. The number of hydrogen-bond donors (Lipinski definition) is 3. The van der Waals surface area contributed by atoms with Crippen molar-refractivity contribution in [1.29, 1.82) is 5.53 Å². The van der Waals surface area contributed by atoms with Gasteiger partial charge < -0.3 is 20.5 Å². The summed E-state index contributed by atoms with van der Waals surface area (Å²) in [5.41, 5.74) is 6.34. The topological polar surface area (TPSA) is 132 Å². The van der Waals surface area contributed by atoms with Crippen molar-refractivity contribution in [3.8, 4) is 0 Å². The summed E-state index contributed by atoms with van der Waals surface area (Å²) >= 11 is 0. The summed E-state index contributed by atoms with van der Waals surface area (Å²) < 4.78 is 0. The second-order valence-corrected chi connectivity index (χ2v) is 3.02. The van der Waals surface area contributed by atoms with E-state index in [4.69, 9.17) is 5.53 Å². The van der Waals surface area contributed by atoms with Gasteiger partial charge in [0.25, 0.3) is 0 Å². The van der Waals surface area contributed by atoms with Crippen molar-refractivity contribution in [2.75, 3.05) is 19.6 Å². The lowest BCUT2D eigenvalue weighted by Gasteiger charge is -2.05. The molecule has 2 amide bonds. The molecule has 0 saturated heterocycles. The molecule has 16 heavy (non-hydrogen) atoms. The smallest absolute Gasteiger partial charge is 0.249 e. The maximum absolute atomic E-state index is 10.9. The number of carboxylic acid groups (broad SMARTS) is 1. The molecule has 0 rings (SSSR count). The quantitative estimate of drug-likeness (QED) is 0.273. The highest BCUT2D eigenvalue weighted by atomic mass is 16.4. The van der Waals surface area contributed by atoms with Crippen LogP contribution in [0.15, 0.2) is 5.11 Å². The maximum atomic E-state index is 10.9. The Morgan fingerprint density at radius 3 is 2.38 bits per heavy atom. The fourth-order valence-electron chi connectivity index (χ4n) is 1.00. The van der Waals surface area contributed by atoms with E-state index in [-0.39, 0.29) is 12.5 Å². The molecule has 0 saturated carbocycles. The van der Waals surface area contributed by atoms with Crippen molar-refractivity contribution in [3.05, 3.63) is 0 Å². The number of carbonyl (C=O) groups excluding carboxylic acids is 2. The zero-order valence-electron chi connectivity index (χ0n) is 8.86. The van der Waals surface area contributed by atoms with E-state index in [2.05, 4.69) is 20.7 Å². The number of amides is 2. The minimum absolute atomic E-state index is 0.129. The van der Waals surface area contributed by atoms with E-state index in [1.807, 2.05) is 0 Å². The molecule has 0 bridgehead atoms. The molecule has 0 spiro atoms. The molecule has 0 aromatic carbocycles. The minimum atomic E-state index is -1.27. The molecule has 0 atom stereocenters. The van der Waals surface area contributed by atoms with Crippen molar-refractivity contribution in [3.63, 3.8) is 0 Å². The molecule has 0 aliphatic carbocycles. The average Bonchev–Trinajstić information content (AvgIpc) is 2.24. The van der Waals surface area contributed by atoms with Crippen LogP contribution in [0.5, 0.6) is 0 Å². The lowest BCUT2D eigenvalue weighted by molar-refractivity contribution is -0.250. The van der Waals surface area contributed by atoms with Gasteiger partial charge in [0.1, 0.15) is 16.7 Å². The minimum Gasteiger partial charge on any atom is -0.530 e. The fraction of sp³-hybridized carbons (Fsp3) is 0.750. The van der Waals surface area contributed by atoms with Crippen molar-refractivity contribution in [1.82, 2.24) is 15.5 Å². The van der Waals surface area contributed by atoms with E-state index in [0.717, 1.165) is 12.8 Å². The lowest BCUT2D eigenvalue weighted by atomic mass is 10.2. The van der Waals surface area contributed by atoms with E-state index in [9.17, 15) is 14.7 Å². The van der Waals surface area contributed by atoms with Gasteiger partial charge in [-0.25, -0.2) is 0 Å². The highest BCUT2D eigenvalue weighted by Crippen LogP contribution is 1.91. The Hall–Kier alpha value is -1.95.